The molecule has 0 atom stereocenters. The number of nitrogens with zero attached hydrogens (tertiary/aromatic N) is 2. The van der Waals surface area contributed by atoms with Gasteiger partial charge in [-0.2, -0.15) is 0 Å². The van der Waals surface area contributed by atoms with Crippen molar-refractivity contribution in [3.8, 4) is 11.5 Å². The highest BCUT2D eigenvalue weighted by Gasteiger charge is 2.21. The maximum atomic E-state index is 12.6. The Morgan fingerprint density at radius 3 is 2.18 bits per heavy atom. The number of likely N-dealkylation sites (tertiary alicyclic amines) is 1. The van der Waals surface area contributed by atoms with E-state index >= 15 is 0 Å². The molecule has 0 N–H and O–H groups in total. The van der Waals surface area contributed by atoms with E-state index in [0.717, 1.165) is 31.1 Å². The van der Waals surface area contributed by atoms with Crippen LogP contribution in [0.5, 0.6) is 11.5 Å². The number of ether oxygens (including phenoxy) is 3. The SMILES string of the molecule is CN1CCC(CCN2CCOCC2=O)CC1.Fc1cc2c(cc1F)OCCO2. The van der Waals surface area contributed by atoms with E-state index in [1.165, 1.54) is 32.4 Å². The van der Waals surface area contributed by atoms with Crippen LogP contribution in [0.15, 0.2) is 12.1 Å². The monoisotopic (exact) mass is 398 g/mol. The van der Waals surface area contributed by atoms with Gasteiger partial charge in [-0.3, -0.25) is 4.79 Å². The van der Waals surface area contributed by atoms with Crippen molar-refractivity contribution in [2.24, 2.45) is 5.92 Å². The normalized spacial score (nSPS) is 20.5. The van der Waals surface area contributed by atoms with E-state index < -0.39 is 11.6 Å². The van der Waals surface area contributed by atoms with Gasteiger partial charge in [0.2, 0.25) is 5.91 Å². The van der Waals surface area contributed by atoms with Gasteiger partial charge in [0.1, 0.15) is 19.8 Å². The number of hydrogen-bond donors (Lipinski definition) is 0. The summed E-state index contributed by atoms with van der Waals surface area (Å²) in [6.45, 7) is 5.87. The number of amides is 1. The summed E-state index contributed by atoms with van der Waals surface area (Å²) >= 11 is 0. The van der Waals surface area contributed by atoms with Crippen LogP contribution in [0.3, 0.4) is 0 Å². The third-order valence-electron chi connectivity index (χ3n) is 5.31. The van der Waals surface area contributed by atoms with Crippen molar-refractivity contribution >= 4 is 5.91 Å². The lowest BCUT2D eigenvalue weighted by molar-refractivity contribution is -0.142. The van der Waals surface area contributed by atoms with Crippen molar-refractivity contribution in [2.45, 2.75) is 19.3 Å². The van der Waals surface area contributed by atoms with E-state index in [9.17, 15) is 13.6 Å². The first-order valence-electron chi connectivity index (χ1n) is 9.81. The Morgan fingerprint density at radius 1 is 1.00 bits per heavy atom. The molecule has 28 heavy (non-hydrogen) atoms. The molecule has 3 aliphatic heterocycles. The maximum absolute atomic E-state index is 12.6. The fourth-order valence-electron chi connectivity index (χ4n) is 3.52. The van der Waals surface area contributed by atoms with Gasteiger partial charge in [-0.05, 0) is 45.3 Å². The quantitative estimate of drug-likeness (QED) is 0.782. The zero-order valence-corrected chi connectivity index (χ0v) is 16.3. The van der Waals surface area contributed by atoms with Crippen molar-refractivity contribution in [1.82, 2.24) is 9.80 Å². The topological polar surface area (TPSA) is 51.2 Å². The third-order valence-corrected chi connectivity index (χ3v) is 5.31. The fraction of sp³-hybridized carbons (Fsp3) is 0.650. The third kappa shape index (κ3) is 5.78. The van der Waals surface area contributed by atoms with E-state index in [1.807, 2.05) is 4.90 Å². The Balaban J connectivity index is 0.000000167. The highest BCUT2D eigenvalue weighted by atomic mass is 19.2. The molecule has 3 heterocycles. The van der Waals surface area contributed by atoms with E-state index in [4.69, 9.17) is 14.2 Å². The van der Waals surface area contributed by atoms with Crippen molar-refractivity contribution < 1.29 is 27.8 Å². The molecule has 0 radical (unpaired) electrons. The highest BCUT2D eigenvalue weighted by Crippen LogP contribution is 2.31. The second kappa shape index (κ2) is 10.0. The van der Waals surface area contributed by atoms with Crippen molar-refractivity contribution in [2.75, 3.05) is 59.7 Å². The van der Waals surface area contributed by atoms with E-state index in [2.05, 4.69) is 11.9 Å². The molecule has 2 fully saturated rings. The summed E-state index contributed by atoms with van der Waals surface area (Å²) in [5, 5.41) is 0. The summed E-state index contributed by atoms with van der Waals surface area (Å²) < 4.78 is 40.4. The molecule has 3 aliphatic rings. The lowest BCUT2D eigenvalue weighted by Gasteiger charge is -2.32. The molecular weight excluding hydrogens is 370 g/mol. The van der Waals surface area contributed by atoms with Crippen LogP contribution in [0.4, 0.5) is 8.78 Å². The van der Waals surface area contributed by atoms with Crippen LogP contribution in [0.25, 0.3) is 0 Å². The molecule has 0 unspecified atom stereocenters. The van der Waals surface area contributed by atoms with Crippen LogP contribution in [-0.2, 0) is 9.53 Å². The zero-order chi connectivity index (χ0) is 19.9. The molecule has 1 aromatic carbocycles. The molecule has 0 bridgehead atoms. The molecule has 2 saturated heterocycles. The molecular formula is C20H28F2N2O4. The molecule has 0 aromatic heterocycles. The van der Waals surface area contributed by atoms with Crippen molar-refractivity contribution in [3.05, 3.63) is 23.8 Å². The first kappa shape index (κ1) is 20.8. The first-order valence-corrected chi connectivity index (χ1v) is 9.81. The molecule has 0 aliphatic carbocycles. The Hall–Kier alpha value is -1.93. The molecule has 156 valence electrons. The van der Waals surface area contributed by atoms with Crippen LogP contribution < -0.4 is 9.47 Å². The zero-order valence-electron chi connectivity index (χ0n) is 16.3. The lowest BCUT2D eigenvalue weighted by Crippen LogP contribution is -2.43. The van der Waals surface area contributed by atoms with Crippen LogP contribution >= 0.6 is 0 Å². The summed E-state index contributed by atoms with van der Waals surface area (Å²) in [6, 6.07) is 1.98. The number of hydrogen-bond acceptors (Lipinski definition) is 5. The van der Waals surface area contributed by atoms with Gasteiger partial charge < -0.3 is 24.0 Å². The Morgan fingerprint density at radius 2 is 1.61 bits per heavy atom. The van der Waals surface area contributed by atoms with E-state index in [-0.39, 0.29) is 24.0 Å². The molecule has 0 spiro atoms. The van der Waals surface area contributed by atoms with Crippen LogP contribution in [0.2, 0.25) is 0 Å². The van der Waals surface area contributed by atoms with Gasteiger partial charge in [-0.15, -0.1) is 0 Å². The Bertz CT molecular complexity index is 635. The first-order chi connectivity index (χ1) is 13.5. The molecule has 8 heteroatoms. The van der Waals surface area contributed by atoms with Gasteiger partial charge in [0.25, 0.3) is 0 Å². The number of piperidine rings is 1. The smallest absolute Gasteiger partial charge is 0.248 e. The number of fused-ring (bicyclic) bond motifs is 1. The van der Waals surface area contributed by atoms with Gasteiger partial charge in [0, 0.05) is 25.2 Å². The summed E-state index contributed by atoms with van der Waals surface area (Å²) in [4.78, 5) is 15.9. The predicted octanol–water partition coefficient (Wildman–Crippen LogP) is 2.31. The van der Waals surface area contributed by atoms with E-state index in [1.54, 1.807) is 0 Å². The average molecular weight is 398 g/mol. The van der Waals surface area contributed by atoms with Gasteiger partial charge in [0.15, 0.2) is 23.1 Å². The minimum absolute atomic E-state index is 0.166. The molecule has 1 amide bonds. The number of benzene rings is 1. The lowest BCUT2D eigenvalue weighted by atomic mass is 9.93. The summed E-state index contributed by atoms with van der Waals surface area (Å²) in [7, 11) is 2.18. The predicted molar refractivity (Wildman–Crippen MR) is 99.6 cm³/mol. The largest absolute Gasteiger partial charge is 0.486 e. The van der Waals surface area contributed by atoms with E-state index in [0.29, 0.717) is 19.8 Å². The van der Waals surface area contributed by atoms with Crippen molar-refractivity contribution in [3.63, 3.8) is 0 Å². The number of morpholine rings is 1. The van der Waals surface area contributed by atoms with Crippen LogP contribution in [-0.4, -0.2) is 75.4 Å². The number of carbonyl (C=O) groups is 1. The number of halogens is 2. The minimum Gasteiger partial charge on any atom is -0.486 e. The Kier molecular flexibility index (Phi) is 7.44. The Labute approximate surface area is 164 Å². The summed E-state index contributed by atoms with van der Waals surface area (Å²) in [6.07, 6.45) is 3.74. The average Bonchev–Trinajstić information content (AvgIpc) is 2.70. The van der Waals surface area contributed by atoms with Crippen molar-refractivity contribution in [1.29, 1.82) is 0 Å². The molecule has 6 nitrogen and oxygen atoms in total. The molecule has 4 rings (SSSR count). The number of carbonyl (C=O) groups excluding carboxylic acids is 1. The molecule has 1 aromatic rings. The highest BCUT2D eigenvalue weighted by molar-refractivity contribution is 5.77. The standard InChI is InChI=1S/C12H22N2O2.C8H6F2O2/c1-13-5-2-11(3-6-13)4-7-14-8-9-16-10-12(14)15;9-5-3-7-8(4-6(5)10)12-2-1-11-7/h11H,2-10H2,1H3;3-4H,1-2H2. The van der Waals surface area contributed by atoms with Gasteiger partial charge in [0.05, 0.1) is 6.61 Å². The summed E-state index contributed by atoms with van der Waals surface area (Å²) in [5.41, 5.74) is 0. The second-order valence-corrected chi connectivity index (χ2v) is 7.38. The maximum Gasteiger partial charge on any atom is 0.248 e. The summed E-state index contributed by atoms with van der Waals surface area (Å²) in [5.74, 6) is -0.329. The van der Waals surface area contributed by atoms with Crippen LogP contribution in [0, 0.1) is 17.6 Å². The van der Waals surface area contributed by atoms with Gasteiger partial charge >= 0.3 is 0 Å². The van der Waals surface area contributed by atoms with Gasteiger partial charge in [-0.1, -0.05) is 0 Å². The van der Waals surface area contributed by atoms with Crippen LogP contribution in [0.1, 0.15) is 19.3 Å². The minimum atomic E-state index is -0.917. The molecule has 0 saturated carbocycles. The number of rotatable bonds is 3. The van der Waals surface area contributed by atoms with Gasteiger partial charge in [-0.25, -0.2) is 8.78 Å². The second-order valence-electron chi connectivity index (χ2n) is 7.38. The fourth-order valence-corrected chi connectivity index (χ4v) is 3.52.